The second-order valence-electron chi connectivity index (χ2n) is 15.8. The fourth-order valence-corrected chi connectivity index (χ4v) is 8.94. The SMILES string of the molecule is c1ccc(-c2ccc(N(c3ccc(-c4ccccc4)cc3)c3ccc(-c4cccc(-n5c6ccccc6c6cc(-c7ccccc7)cc(-c7ccccc7)c65)c4)cc3)cc2)cc1. The monoisotopic (exact) mass is 790 g/mol. The van der Waals surface area contributed by atoms with E-state index >= 15 is 0 Å². The molecule has 0 fully saturated rings. The molecule has 0 saturated heterocycles. The molecule has 2 nitrogen and oxygen atoms in total. The minimum absolute atomic E-state index is 1.09. The van der Waals surface area contributed by atoms with Crippen LogP contribution < -0.4 is 4.90 Å². The van der Waals surface area contributed by atoms with Gasteiger partial charge in [-0.15, -0.1) is 0 Å². The molecule has 11 aromatic rings. The van der Waals surface area contributed by atoms with Crippen molar-refractivity contribution in [2.45, 2.75) is 0 Å². The van der Waals surface area contributed by atoms with Crippen LogP contribution in [0, 0.1) is 0 Å². The zero-order valence-electron chi connectivity index (χ0n) is 34.1. The van der Waals surface area contributed by atoms with Crippen molar-refractivity contribution in [1.82, 2.24) is 4.57 Å². The predicted molar refractivity (Wildman–Crippen MR) is 263 cm³/mol. The Morgan fingerprint density at radius 2 is 0.661 bits per heavy atom. The highest BCUT2D eigenvalue weighted by molar-refractivity contribution is 6.15. The van der Waals surface area contributed by atoms with Gasteiger partial charge in [0.05, 0.1) is 11.0 Å². The smallest absolute Gasteiger partial charge is 0.0619 e. The Morgan fingerprint density at radius 3 is 1.18 bits per heavy atom. The lowest BCUT2D eigenvalue weighted by atomic mass is 9.95. The molecule has 0 amide bonds. The van der Waals surface area contributed by atoms with Crippen molar-refractivity contribution in [2.75, 3.05) is 4.90 Å². The fraction of sp³-hybridized carbons (Fsp3) is 0. The molecule has 0 bridgehead atoms. The van der Waals surface area contributed by atoms with Crippen molar-refractivity contribution in [3.8, 4) is 61.3 Å². The first-order chi connectivity index (χ1) is 30.7. The van der Waals surface area contributed by atoms with Crippen LogP contribution in [0.5, 0.6) is 0 Å². The van der Waals surface area contributed by atoms with Crippen LogP contribution in [0.25, 0.3) is 83.1 Å². The van der Waals surface area contributed by atoms with Crippen LogP contribution in [-0.2, 0) is 0 Å². The van der Waals surface area contributed by atoms with Gasteiger partial charge in [-0.05, 0) is 117 Å². The molecule has 11 rings (SSSR count). The Bertz CT molecular complexity index is 3200. The van der Waals surface area contributed by atoms with E-state index in [1.807, 2.05) is 0 Å². The number of nitrogens with zero attached hydrogens (tertiary/aromatic N) is 2. The summed E-state index contributed by atoms with van der Waals surface area (Å²) in [6.45, 7) is 0. The molecule has 0 aliphatic heterocycles. The van der Waals surface area contributed by atoms with Crippen LogP contribution in [-0.4, -0.2) is 4.57 Å². The largest absolute Gasteiger partial charge is 0.311 e. The Labute approximate surface area is 362 Å². The third-order valence-corrected chi connectivity index (χ3v) is 12.0. The number of rotatable bonds is 9. The molecule has 0 unspecified atom stereocenters. The fourth-order valence-electron chi connectivity index (χ4n) is 8.94. The summed E-state index contributed by atoms with van der Waals surface area (Å²) in [5, 5.41) is 2.48. The van der Waals surface area contributed by atoms with Gasteiger partial charge < -0.3 is 9.47 Å². The first-order valence-electron chi connectivity index (χ1n) is 21.3. The number of aromatic nitrogens is 1. The molecule has 0 aliphatic carbocycles. The molecule has 292 valence electrons. The molecule has 62 heavy (non-hydrogen) atoms. The zero-order valence-corrected chi connectivity index (χ0v) is 34.1. The Hall–Kier alpha value is -8.20. The number of anilines is 3. The van der Waals surface area contributed by atoms with Crippen LogP contribution in [0.2, 0.25) is 0 Å². The first-order valence-corrected chi connectivity index (χ1v) is 21.3. The predicted octanol–water partition coefficient (Wildman–Crippen LogP) is 16.6. The van der Waals surface area contributed by atoms with E-state index in [1.54, 1.807) is 0 Å². The highest BCUT2D eigenvalue weighted by Gasteiger charge is 2.19. The molecule has 0 aliphatic rings. The summed E-state index contributed by atoms with van der Waals surface area (Å²) in [6, 6.07) is 92.0. The lowest BCUT2D eigenvalue weighted by molar-refractivity contribution is 1.18. The van der Waals surface area contributed by atoms with E-state index in [0.717, 1.165) is 33.9 Å². The summed E-state index contributed by atoms with van der Waals surface area (Å²) >= 11 is 0. The van der Waals surface area contributed by atoms with Gasteiger partial charge in [-0.3, -0.25) is 0 Å². The zero-order chi connectivity index (χ0) is 41.2. The molecular formula is C60H42N2. The van der Waals surface area contributed by atoms with E-state index in [2.05, 4.69) is 264 Å². The Morgan fingerprint density at radius 1 is 0.258 bits per heavy atom. The number of benzene rings is 10. The average Bonchev–Trinajstić information content (AvgIpc) is 3.70. The van der Waals surface area contributed by atoms with Crippen molar-refractivity contribution in [2.24, 2.45) is 0 Å². The van der Waals surface area contributed by atoms with Crippen LogP contribution in [0.1, 0.15) is 0 Å². The maximum atomic E-state index is 2.46. The molecule has 0 spiro atoms. The lowest BCUT2D eigenvalue weighted by Crippen LogP contribution is -2.09. The normalized spacial score (nSPS) is 11.2. The molecule has 0 N–H and O–H groups in total. The third kappa shape index (κ3) is 6.94. The lowest BCUT2D eigenvalue weighted by Gasteiger charge is -2.26. The summed E-state index contributed by atoms with van der Waals surface area (Å²) in [5.41, 5.74) is 18.8. The van der Waals surface area contributed by atoms with Crippen LogP contribution in [0.15, 0.2) is 255 Å². The molecule has 0 saturated carbocycles. The van der Waals surface area contributed by atoms with Gasteiger partial charge in [0.1, 0.15) is 0 Å². The molecule has 1 heterocycles. The average molecular weight is 791 g/mol. The molecule has 2 heteroatoms. The van der Waals surface area contributed by atoms with Crippen LogP contribution in [0.3, 0.4) is 0 Å². The molecule has 0 radical (unpaired) electrons. The van der Waals surface area contributed by atoms with Crippen molar-refractivity contribution >= 4 is 38.9 Å². The number of para-hydroxylation sites is 1. The van der Waals surface area contributed by atoms with Gasteiger partial charge in [-0.25, -0.2) is 0 Å². The van der Waals surface area contributed by atoms with Gasteiger partial charge in [-0.2, -0.15) is 0 Å². The first kappa shape index (κ1) is 36.8. The van der Waals surface area contributed by atoms with Crippen molar-refractivity contribution < 1.29 is 0 Å². The molecule has 1 aromatic heterocycles. The van der Waals surface area contributed by atoms with Crippen molar-refractivity contribution in [3.63, 3.8) is 0 Å². The van der Waals surface area contributed by atoms with Crippen molar-refractivity contribution in [3.05, 3.63) is 255 Å². The maximum Gasteiger partial charge on any atom is 0.0619 e. The van der Waals surface area contributed by atoms with Crippen LogP contribution >= 0.6 is 0 Å². The summed E-state index contributed by atoms with van der Waals surface area (Å²) < 4.78 is 2.46. The van der Waals surface area contributed by atoms with E-state index in [1.165, 1.54) is 66.3 Å². The molecule has 0 atom stereocenters. The topological polar surface area (TPSA) is 8.17 Å². The van der Waals surface area contributed by atoms with E-state index in [-0.39, 0.29) is 0 Å². The summed E-state index contributed by atoms with van der Waals surface area (Å²) in [6.07, 6.45) is 0. The Kier molecular flexibility index (Phi) is 9.57. The van der Waals surface area contributed by atoms with Gasteiger partial charge >= 0.3 is 0 Å². The maximum absolute atomic E-state index is 2.46. The van der Waals surface area contributed by atoms with Gasteiger partial charge in [-0.1, -0.05) is 188 Å². The minimum Gasteiger partial charge on any atom is -0.311 e. The van der Waals surface area contributed by atoms with E-state index < -0.39 is 0 Å². The van der Waals surface area contributed by atoms with Gasteiger partial charge in [0, 0.05) is 39.1 Å². The third-order valence-electron chi connectivity index (χ3n) is 12.0. The molecule has 10 aromatic carbocycles. The number of hydrogen-bond donors (Lipinski definition) is 0. The van der Waals surface area contributed by atoms with E-state index in [0.29, 0.717) is 0 Å². The minimum atomic E-state index is 1.09. The summed E-state index contributed by atoms with van der Waals surface area (Å²) in [4.78, 5) is 2.34. The summed E-state index contributed by atoms with van der Waals surface area (Å²) in [7, 11) is 0. The van der Waals surface area contributed by atoms with Crippen LogP contribution in [0.4, 0.5) is 17.1 Å². The number of hydrogen-bond acceptors (Lipinski definition) is 1. The van der Waals surface area contributed by atoms with E-state index in [4.69, 9.17) is 0 Å². The quantitative estimate of drug-likeness (QED) is 0.141. The number of fused-ring (bicyclic) bond motifs is 3. The van der Waals surface area contributed by atoms with Gasteiger partial charge in [0.25, 0.3) is 0 Å². The standard InChI is InChI=1S/C60H42N2/c1-5-16-43(17-6-1)46-28-34-52(35-29-46)61(53-36-30-47(31-37-53)44-18-7-2-8-19-44)54-38-32-48(33-39-54)50-24-15-25-55(40-50)62-59-27-14-13-26-56(59)58-42-51(45-20-9-3-10-21-45)41-57(60(58)62)49-22-11-4-12-23-49/h1-42H. The van der Waals surface area contributed by atoms with E-state index in [9.17, 15) is 0 Å². The second kappa shape index (κ2) is 16.1. The molecular weight excluding hydrogens is 749 g/mol. The second-order valence-corrected chi connectivity index (χ2v) is 15.8. The van der Waals surface area contributed by atoms with Gasteiger partial charge in [0.15, 0.2) is 0 Å². The highest BCUT2D eigenvalue weighted by atomic mass is 15.1. The summed E-state index contributed by atoms with van der Waals surface area (Å²) in [5.74, 6) is 0. The van der Waals surface area contributed by atoms with Crippen molar-refractivity contribution in [1.29, 1.82) is 0 Å². The Balaban J connectivity index is 1.00. The van der Waals surface area contributed by atoms with Gasteiger partial charge in [0.2, 0.25) is 0 Å². The highest BCUT2D eigenvalue weighted by Crippen LogP contribution is 2.42.